The fourth-order valence-corrected chi connectivity index (χ4v) is 2.30. The maximum absolute atomic E-state index is 11.4. The molecule has 5 nitrogen and oxygen atoms in total. The number of carbonyl (C=O) groups is 1. The fraction of sp³-hybridized carbons (Fsp3) is 0.533. The number of ether oxygens (including phenoxy) is 1. The van der Waals surface area contributed by atoms with Crippen molar-refractivity contribution in [1.82, 2.24) is 10.5 Å². The lowest BCUT2D eigenvalue weighted by molar-refractivity contribution is -0.119. The van der Waals surface area contributed by atoms with E-state index in [0.29, 0.717) is 6.54 Å². The van der Waals surface area contributed by atoms with Crippen molar-refractivity contribution in [2.75, 3.05) is 13.7 Å². The molecule has 0 heterocycles. The zero-order chi connectivity index (χ0) is 15.8. The Labute approximate surface area is 127 Å². The van der Waals surface area contributed by atoms with Crippen molar-refractivity contribution in [3.05, 3.63) is 29.3 Å². The Morgan fingerprint density at radius 3 is 2.71 bits per heavy atom. The summed E-state index contributed by atoms with van der Waals surface area (Å²) in [6.45, 7) is 5.92. The van der Waals surface area contributed by atoms with Gasteiger partial charge in [-0.25, -0.2) is 0 Å². The van der Waals surface area contributed by atoms with Crippen molar-refractivity contribution in [3.8, 4) is 5.75 Å². The molecule has 1 atom stereocenters. The minimum atomic E-state index is -0.507. The molecule has 0 bridgehead atoms. The van der Waals surface area contributed by atoms with Gasteiger partial charge in [0.1, 0.15) is 5.75 Å². The third-order valence-electron chi connectivity index (χ3n) is 3.31. The molecular formula is C15H25BN2O3. The van der Waals surface area contributed by atoms with Gasteiger partial charge in [0, 0.05) is 6.92 Å². The summed E-state index contributed by atoms with van der Waals surface area (Å²) in [5.74, 6) is 0.799. The second-order valence-corrected chi connectivity index (χ2v) is 5.25. The molecular weight excluding hydrogens is 267 g/mol. The lowest BCUT2D eigenvalue weighted by Crippen LogP contribution is -2.32. The highest BCUT2D eigenvalue weighted by molar-refractivity contribution is 6.45. The van der Waals surface area contributed by atoms with Gasteiger partial charge in [0.2, 0.25) is 5.91 Å². The molecule has 1 aromatic carbocycles. The third-order valence-corrected chi connectivity index (χ3v) is 3.31. The van der Waals surface area contributed by atoms with Crippen LogP contribution in [0, 0.1) is 6.92 Å². The lowest BCUT2D eigenvalue weighted by atomic mass is 9.88. The van der Waals surface area contributed by atoms with E-state index < -0.39 is 7.05 Å². The van der Waals surface area contributed by atoms with Gasteiger partial charge in [0.05, 0.1) is 13.2 Å². The minimum Gasteiger partial charge on any atom is -0.496 e. The number of amides is 1. The van der Waals surface area contributed by atoms with E-state index in [1.54, 1.807) is 13.9 Å². The molecule has 0 saturated heterocycles. The average molecular weight is 292 g/mol. The number of nitrogens with one attached hydrogen (secondary N) is 2. The average Bonchev–Trinajstić information content (AvgIpc) is 2.41. The SMILES string of the molecule is COc1ccc([C@@H](CCCNB(C)O)NC(C)=O)cc1C. The van der Waals surface area contributed by atoms with Gasteiger partial charge in [0.15, 0.2) is 0 Å². The third kappa shape index (κ3) is 6.18. The van der Waals surface area contributed by atoms with Crippen LogP contribution in [-0.4, -0.2) is 31.6 Å². The Morgan fingerprint density at radius 1 is 1.48 bits per heavy atom. The Hall–Kier alpha value is -1.53. The highest BCUT2D eigenvalue weighted by Gasteiger charge is 2.14. The molecule has 1 amide bonds. The van der Waals surface area contributed by atoms with Crippen molar-refractivity contribution < 1.29 is 14.6 Å². The summed E-state index contributed by atoms with van der Waals surface area (Å²) < 4.78 is 5.26. The van der Waals surface area contributed by atoms with Crippen LogP contribution >= 0.6 is 0 Å². The molecule has 0 fully saturated rings. The van der Waals surface area contributed by atoms with E-state index in [-0.39, 0.29) is 11.9 Å². The first-order chi connectivity index (χ1) is 9.93. The molecule has 1 aromatic rings. The van der Waals surface area contributed by atoms with Gasteiger partial charge in [-0.05, 0) is 50.3 Å². The van der Waals surface area contributed by atoms with Crippen LogP contribution in [0.5, 0.6) is 5.75 Å². The quantitative estimate of drug-likeness (QED) is 0.503. The van der Waals surface area contributed by atoms with E-state index in [4.69, 9.17) is 4.74 Å². The maximum atomic E-state index is 11.4. The van der Waals surface area contributed by atoms with Gasteiger partial charge in [-0.2, -0.15) is 0 Å². The molecule has 0 saturated carbocycles. The van der Waals surface area contributed by atoms with Gasteiger partial charge >= 0.3 is 7.05 Å². The van der Waals surface area contributed by atoms with Crippen LogP contribution in [0.4, 0.5) is 0 Å². The van der Waals surface area contributed by atoms with E-state index >= 15 is 0 Å². The lowest BCUT2D eigenvalue weighted by Gasteiger charge is -2.20. The topological polar surface area (TPSA) is 70.6 Å². The molecule has 0 radical (unpaired) electrons. The fourth-order valence-electron chi connectivity index (χ4n) is 2.30. The van der Waals surface area contributed by atoms with Crippen molar-refractivity contribution >= 4 is 13.0 Å². The second-order valence-electron chi connectivity index (χ2n) is 5.25. The molecule has 116 valence electrons. The van der Waals surface area contributed by atoms with E-state index in [9.17, 15) is 9.82 Å². The standard InChI is InChI=1S/C15H25BN2O3/c1-11-10-13(7-8-15(11)21-4)14(18-12(2)19)6-5-9-17-16(3)20/h7-8,10,14,17,20H,5-6,9H2,1-4H3,(H,18,19)/t14-/m1/s1. The predicted molar refractivity (Wildman–Crippen MR) is 85.4 cm³/mol. The van der Waals surface area contributed by atoms with Crippen LogP contribution in [0.2, 0.25) is 6.82 Å². The monoisotopic (exact) mass is 292 g/mol. The molecule has 6 heteroatoms. The largest absolute Gasteiger partial charge is 0.496 e. The number of methoxy groups -OCH3 is 1. The molecule has 0 aromatic heterocycles. The molecule has 0 unspecified atom stereocenters. The number of hydrogen-bond donors (Lipinski definition) is 3. The highest BCUT2D eigenvalue weighted by Crippen LogP contribution is 2.25. The Kier molecular flexibility index (Phi) is 7.26. The summed E-state index contributed by atoms with van der Waals surface area (Å²) in [4.78, 5) is 11.4. The molecule has 0 aliphatic carbocycles. The van der Waals surface area contributed by atoms with Gasteiger partial charge in [-0.3, -0.25) is 4.79 Å². The molecule has 1 rings (SSSR count). The second kappa shape index (κ2) is 8.69. The molecule has 21 heavy (non-hydrogen) atoms. The number of rotatable bonds is 8. The summed E-state index contributed by atoms with van der Waals surface area (Å²) in [6, 6.07) is 5.92. The minimum absolute atomic E-state index is 0.0251. The van der Waals surface area contributed by atoms with Crippen molar-refractivity contribution in [3.63, 3.8) is 0 Å². The normalized spacial score (nSPS) is 11.9. The van der Waals surface area contributed by atoms with Gasteiger partial charge in [-0.15, -0.1) is 0 Å². The van der Waals surface area contributed by atoms with Gasteiger partial charge in [0.25, 0.3) is 0 Å². The zero-order valence-electron chi connectivity index (χ0n) is 13.3. The molecule has 0 spiro atoms. The summed E-state index contributed by atoms with van der Waals surface area (Å²) >= 11 is 0. The van der Waals surface area contributed by atoms with Crippen molar-refractivity contribution in [2.45, 2.75) is 39.6 Å². The summed E-state index contributed by atoms with van der Waals surface area (Å²) in [6.07, 6.45) is 1.67. The first kappa shape index (κ1) is 17.5. The molecule has 0 aliphatic heterocycles. The summed E-state index contributed by atoms with van der Waals surface area (Å²) in [7, 11) is 1.14. The van der Waals surface area contributed by atoms with Gasteiger partial charge < -0.3 is 20.3 Å². The Morgan fingerprint density at radius 2 is 2.19 bits per heavy atom. The predicted octanol–water partition coefficient (Wildman–Crippen LogP) is 1.66. The summed E-state index contributed by atoms with van der Waals surface area (Å²) in [5.41, 5.74) is 2.12. The molecule has 0 aliphatic rings. The van der Waals surface area contributed by atoms with Crippen LogP contribution in [-0.2, 0) is 4.79 Å². The van der Waals surface area contributed by atoms with Crippen LogP contribution in [0.1, 0.15) is 36.9 Å². The first-order valence-corrected chi connectivity index (χ1v) is 7.27. The van der Waals surface area contributed by atoms with Crippen LogP contribution in [0.3, 0.4) is 0 Å². The Balaban J connectivity index is 2.72. The number of benzene rings is 1. The first-order valence-electron chi connectivity index (χ1n) is 7.27. The van der Waals surface area contributed by atoms with E-state index in [1.165, 1.54) is 6.92 Å². The van der Waals surface area contributed by atoms with Crippen LogP contribution in [0.25, 0.3) is 0 Å². The molecule has 3 N–H and O–H groups in total. The van der Waals surface area contributed by atoms with Crippen molar-refractivity contribution in [1.29, 1.82) is 0 Å². The van der Waals surface area contributed by atoms with Crippen LogP contribution < -0.4 is 15.3 Å². The van der Waals surface area contributed by atoms with E-state index in [0.717, 1.165) is 29.7 Å². The zero-order valence-corrected chi connectivity index (χ0v) is 13.3. The van der Waals surface area contributed by atoms with Gasteiger partial charge in [-0.1, -0.05) is 12.1 Å². The number of aryl methyl sites for hydroxylation is 1. The number of hydrogen-bond acceptors (Lipinski definition) is 4. The summed E-state index contributed by atoms with van der Waals surface area (Å²) in [5, 5.41) is 15.1. The van der Waals surface area contributed by atoms with Crippen molar-refractivity contribution in [2.24, 2.45) is 0 Å². The van der Waals surface area contributed by atoms with Crippen LogP contribution in [0.15, 0.2) is 18.2 Å². The van der Waals surface area contributed by atoms with E-state index in [2.05, 4.69) is 10.5 Å². The smallest absolute Gasteiger partial charge is 0.373 e. The number of carbonyl (C=O) groups excluding carboxylic acids is 1. The maximum Gasteiger partial charge on any atom is 0.373 e. The van der Waals surface area contributed by atoms with E-state index in [1.807, 2.05) is 25.1 Å². The highest BCUT2D eigenvalue weighted by atomic mass is 16.5. The Bertz CT molecular complexity index is 466.